The number of fused-ring (bicyclic) bond motifs is 1. The van der Waals surface area contributed by atoms with E-state index in [9.17, 15) is 18.0 Å². The number of thiophene rings is 1. The van der Waals surface area contributed by atoms with Crippen molar-refractivity contribution in [3.05, 3.63) is 50.9 Å². The Hall–Kier alpha value is -2.56. The van der Waals surface area contributed by atoms with Crippen molar-refractivity contribution in [2.24, 2.45) is 0 Å². The van der Waals surface area contributed by atoms with Crippen molar-refractivity contribution in [2.75, 3.05) is 18.4 Å². The molecular weight excluding hydrogens is 436 g/mol. The summed E-state index contributed by atoms with van der Waals surface area (Å²) in [7, 11) is -3.65. The van der Waals surface area contributed by atoms with Gasteiger partial charge in [0.2, 0.25) is 15.9 Å². The Morgan fingerprint density at radius 2 is 1.87 bits per heavy atom. The molecule has 166 valence electrons. The van der Waals surface area contributed by atoms with Gasteiger partial charge in [-0.25, -0.2) is 13.4 Å². The van der Waals surface area contributed by atoms with Gasteiger partial charge in [0.15, 0.2) is 0 Å². The van der Waals surface area contributed by atoms with E-state index >= 15 is 0 Å². The van der Waals surface area contributed by atoms with E-state index in [1.54, 1.807) is 26.8 Å². The fourth-order valence-electron chi connectivity index (χ4n) is 3.34. The van der Waals surface area contributed by atoms with Crippen LogP contribution in [0, 0.1) is 20.8 Å². The maximum atomic E-state index is 12.8. The Morgan fingerprint density at radius 1 is 1.19 bits per heavy atom. The second-order valence-corrected chi connectivity index (χ2v) is 10.4. The molecule has 0 unspecified atom stereocenters. The number of hydrogen-bond donors (Lipinski definition) is 1. The molecule has 3 aromatic rings. The Balaban J connectivity index is 1.88. The summed E-state index contributed by atoms with van der Waals surface area (Å²) in [5, 5.41) is 3.26. The van der Waals surface area contributed by atoms with Crippen LogP contribution in [0.2, 0.25) is 0 Å². The Labute approximate surface area is 185 Å². The molecule has 8 nitrogen and oxygen atoms in total. The zero-order valence-corrected chi connectivity index (χ0v) is 19.9. The minimum atomic E-state index is -3.65. The van der Waals surface area contributed by atoms with Crippen LogP contribution in [-0.4, -0.2) is 41.3 Å². The smallest absolute Gasteiger partial charge is 0.262 e. The molecule has 0 spiro atoms. The predicted octanol–water partition coefficient (Wildman–Crippen LogP) is 3.05. The van der Waals surface area contributed by atoms with Crippen LogP contribution < -0.4 is 10.9 Å². The number of carbonyl (C=O) groups is 1. The van der Waals surface area contributed by atoms with E-state index in [4.69, 9.17) is 0 Å². The highest BCUT2D eigenvalue weighted by Gasteiger charge is 2.22. The van der Waals surface area contributed by atoms with Gasteiger partial charge in [-0.3, -0.25) is 14.2 Å². The van der Waals surface area contributed by atoms with E-state index in [1.165, 1.54) is 38.7 Å². The monoisotopic (exact) mass is 462 g/mol. The molecule has 0 radical (unpaired) electrons. The molecule has 2 aromatic heterocycles. The van der Waals surface area contributed by atoms with Crippen molar-refractivity contribution >= 4 is 43.2 Å². The summed E-state index contributed by atoms with van der Waals surface area (Å²) in [6.07, 6.45) is 1.37. The molecule has 0 aliphatic heterocycles. The third kappa shape index (κ3) is 4.41. The largest absolute Gasteiger partial charge is 0.324 e. The number of benzene rings is 1. The van der Waals surface area contributed by atoms with Crippen LogP contribution >= 0.6 is 11.3 Å². The lowest BCUT2D eigenvalue weighted by Crippen LogP contribution is -2.31. The van der Waals surface area contributed by atoms with E-state index in [0.717, 1.165) is 16.0 Å². The van der Waals surface area contributed by atoms with Gasteiger partial charge in [0.25, 0.3) is 5.56 Å². The minimum absolute atomic E-state index is 0.113. The van der Waals surface area contributed by atoms with Crippen molar-refractivity contribution in [1.82, 2.24) is 13.9 Å². The molecule has 2 heterocycles. The molecule has 0 bridgehead atoms. The molecule has 0 saturated carbocycles. The second kappa shape index (κ2) is 8.89. The zero-order valence-electron chi connectivity index (χ0n) is 18.2. The van der Waals surface area contributed by atoms with Gasteiger partial charge in [-0.2, -0.15) is 4.31 Å². The van der Waals surface area contributed by atoms with Gasteiger partial charge in [-0.05, 0) is 44.0 Å². The van der Waals surface area contributed by atoms with Gasteiger partial charge < -0.3 is 5.32 Å². The Morgan fingerprint density at radius 3 is 2.52 bits per heavy atom. The van der Waals surface area contributed by atoms with Crippen molar-refractivity contribution in [2.45, 2.75) is 46.1 Å². The van der Waals surface area contributed by atoms with E-state index in [1.807, 2.05) is 13.8 Å². The average Bonchev–Trinajstić information content (AvgIpc) is 3.01. The number of anilines is 1. The van der Waals surface area contributed by atoms with Crippen molar-refractivity contribution in [1.29, 1.82) is 0 Å². The summed E-state index contributed by atoms with van der Waals surface area (Å²) >= 11 is 1.45. The second-order valence-electron chi connectivity index (χ2n) is 7.26. The standard InChI is InChI=1S/C21H26N4O4S2/c1-6-25(7-2)31(28,29)16-9-8-13(3)17(10-16)23-18(26)11-24-12-22-20-19(21(24)27)14(4)15(5)30-20/h8-10,12H,6-7,11H2,1-5H3,(H,23,26). The van der Waals surface area contributed by atoms with Gasteiger partial charge in [0, 0.05) is 23.7 Å². The van der Waals surface area contributed by atoms with Gasteiger partial charge in [0.1, 0.15) is 11.4 Å². The van der Waals surface area contributed by atoms with E-state index in [2.05, 4.69) is 10.3 Å². The van der Waals surface area contributed by atoms with Crippen molar-refractivity contribution in [3.8, 4) is 0 Å². The lowest BCUT2D eigenvalue weighted by Gasteiger charge is -2.19. The van der Waals surface area contributed by atoms with Gasteiger partial charge in [-0.15, -0.1) is 11.3 Å². The maximum absolute atomic E-state index is 12.8. The molecule has 1 N–H and O–H groups in total. The number of sulfonamides is 1. The topological polar surface area (TPSA) is 101 Å². The van der Waals surface area contributed by atoms with Crippen LogP contribution in [0.15, 0.2) is 34.2 Å². The summed E-state index contributed by atoms with van der Waals surface area (Å²) in [5.74, 6) is -0.437. The van der Waals surface area contributed by atoms with Crippen LogP contribution in [0.5, 0.6) is 0 Å². The molecule has 3 rings (SSSR count). The first-order valence-corrected chi connectivity index (χ1v) is 12.2. The fraction of sp³-hybridized carbons (Fsp3) is 0.381. The lowest BCUT2D eigenvalue weighted by atomic mass is 10.2. The van der Waals surface area contributed by atoms with Gasteiger partial charge in [0.05, 0.1) is 16.6 Å². The lowest BCUT2D eigenvalue weighted by molar-refractivity contribution is -0.116. The van der Waals surface area contributed by atoms with Gasteiger partial charge >= 0.3 is 0 Å². The van der Waals surface area contributed by atoms with Crippen molar-refractivity contribution in [3.63, 3.8) is 0 Å². The summed E-state index contributed by atoms with van der Waals surface area (Å²) in [4.78, 5) is 31.6. The number of rotatable bonds is 7. The Bertz CT molecular complexity index is 1300. The molecule has 0 aliphatic carbocycles. The van der Waals surface area contributed by atoms with Crippen molar-refractivity contribution < 1.29 is 13.2 Å². The molecule has 0 saturated heterocycles. The SMILES string of the molecule is CCN(CC)S(=O)(=O)c1ccc(C)c(NC(=O)Cn2cnc3sc(C)c(C)c3c2=O)c1. The molecular formula is C21H26N4O4S2. The number of amides is 1. The first-order valence-electron chi connectivity index (χ1n) is 9.95. The summed E-state index contributed by atoms with van der Waals surface area (Å²) in [6.45, 7) is 9.62. The number of nitrogens with one attached hydrogen (secondary N) is 1. The van der Waals surface area contributed by atoms with Gasteiger partial charge in [-0.1, -0.05) is 19.9 Å². The molecule has 10 heteroatoms. The van der Waals surface area contributed by atoms with E-state index in [0.29, 0.717) is 29.0 Å². The van der Waals surface area contributed by atoms with Crippen LogP contribution in [-0.2, 0) is 21.4 Å². The van der Waals surface area contributed by atoms with Crippen LogP contribution in [0.4, 0.5) is 5.69 Å². The quantitative estimate of drug-likeness (QED) is 0.582. The molecule has 1 aromatic carbocycles. The number of nitrogens with zero attached hydrogens (tertiary/aromatic N) is 3. The molecule has 0 fully saturated rings. The summed E-state index contributed by atoms with van der Waals surface area (Å²) < 4.78 is 28.2. The number of aromatic nitrogens is 2. The average molecular weight is 463 g/mol. The number of aryl methyl sites for hydroxylation is 3. The molecule has 1 amide bonds. The van der Waals surface area contributed by atoms with E-state index in [-0.39, 0.29) is 17.0 Å². The van der Waals surface area contributed by atoms with Crippen LogP contribution in [0.25, 0.3) is 10.2 Å². The third-order valence-corrected chi connectivity index (χ3v) is 8.46. The van der Waals surface area contributed by atoms with Crippen LogP contribution in [0.1, 0.15) is 29.9 Å². The first kappa shape index (κ1) is 23.1. The Kier molecular flexibility index (Phi) is 6.63. The van der Waals surface area contributed by atoms with Crippen LogP contribution in [0.3, 0.4) is 0 Å². The predicted molar refractivity (Wildman–Crippen MR) is 123 cm³/mol. The highest BCUT2D eigenvalue weighted by molar-refractivity contribution is 7.89. The molecule has 0 atom stereocenters. The maximum Gasteiger partial charge on any atom is 0.262 e. The first-order chi connectivity index (χ1) is 14.6. The number of carbonyl (C=O) groups excluding carboxylic acids is 1. The number of hydrogen-bond acceptors (Lipinski definition) is 6. The third-order valence-electron chi connectivity index (χ3n) is 5.30. The highest BCUT2D eigenvalue weighted by atomic mass is 32.2. The highest BCUT2D eigenvalue weighted by Crippen LogP contribution is 2.26. The zero-order chi connectivity index (χ0) is 22.9. The molecule has 31 heavy (non-hydrogen) atoms. The fourth-order valence-corrected chi connectivity index (χ4v) is 5.81. The normalized spacial score (nSPS) is 11.9. The van der Waals surface area contributed by atoms with E-state index < -0.39 is 15.9 Å². The molecule has 0 aliphatic rings. The summed E-state index contributed by atoms with van der Waals surface area (Å²) in [6, 6.07) is 4.64. The summed E-state index contributed by atoms with van der Waals surface area (Å²) in [5.41, 5.74) is 1.72. The minimum Gasteiger partial charge on any atom is -0.324 e.